The number of nitrogens with one attached hydrogen (secondary N) is 1. The topological polar surface area (TPSA) is 24.5 Å². The minimum Gasteiger partial charge on any atom is -0.492 e. The normalized spacial score (nSPS) is 17.7. The third kappa shape index (κ3) is 5.17. The lowest BCUT2D eigenvalue weighted by molar-refractivity contribution is 0.183. The number of piperidine rings is 1. The van der Waals surface area contributed by atoms with E-state index in [1.54, 1.807) is 0 Å². The van der Waals surface area contributed by atoms with Crippen molar-refractivity contribution in [1.82, 2.24) is 10.2 Å². The fraction of sp³-hybridized carbons (Fsp3) is 0.647. The fourth-order valence-corrected chi connectivity index (χ4v) is 3.17. The van der Waals surface area contributed by atoms with Crippen LogP contribution in [0.4, 0.5) is 0 Å². The van der Waals surface area contributed by atoms with Crippen LogP contribution in [-0.4, -0.2) is 37.7 Å². The van der Waals surface area contributed by atoms with Crippen molar-refractivity contribution in [1.29, 1.82) is 0 Å². The maximum atomic E-state index is 6.36. The quantitative estimate of drug-likeness (QED) is 0.827. The van der Waals surface area contributed by atoms with Gasteiger partial charge in [-0.25, -0.2) is 0 Å². The summed E-state index contributed by atoms with van der Waals surface area (Å²) < 4.78 is 5.84. The van der Waals surface area contributed by atoms with E-state index in [2.05, 4.69) is 30.1 Å². The van der Waals surface area contributed by atoms with Crippen molar-refractivity contribution in [2.45, 2.75) is 39.2 Å². The Kier molecular flexibility index (Phi) is 6.81. The summed E-state index contributed by atoms with van der Waals surface area (Å²) in [6, 6.07) is 6.28. The van der Waals surface area contributed by atoms with E-state index in [9.17, 15) is 0 Å². The van der Waals surface area contributed by atoms with Crippen LogP contribution in [0.5, 0.6) is 5.75 Å². The van der Waals surface area contributed by atoms with E-state index >= 15 is 0 Å². The van der Waals surface area contributed by atoms with Crippen LogP contribution in [0.25, 0.3) is 0 Å². The molecule has 1 atom stereocenters. The van der Waals surface area contributed by atoms with Crippen LogP contribution in [0.15, 0.2) is 18.2 Å². The Bertz CT molecular complexity index is 433. The van der Waals surface area contributed by atoms with Crippen molar-refractivity contribution in [2.75, 3.05) is 32.8 Å². The zero-order valence-corrected chi connectivity index (χ0v) is 14.0. The van der Waals surface area contributed by atoms with Gasteiger partial charge in [0.05, 0.1) is 0 Å². The van der Waals surface area contributed by atoms with Gasteiger partial charge in [0.15, 0.2) is 0 Å². The Hall–Kier alpha value is -0.770. The Morgan fingerprint density at radius 2 is 2.05 bits per heavy atom. The molecule has 1 aliphatic heterocycles. The molecule has 1 aliphatic rings. The molecule has 1 N–H and O–H groups in total. The van der Waals surface area contributed by atoms with Crippen LogP contribution in [0, 0.1) is 0 Å². The molecule has 1 fully saturated rings. The molecular weight excluding hydrogens is 284 g/mol. The molecule has 1 heterocycles. The van der Waals surface area contributed by atoms with Crippen LogP contribution in [0.3, 0.4) is 0 Å². The number of benzene rings is 1. The molecule has 118 valence electrons. The number of halogens is 1. The summed E-state index contributed by atoms with van der Waals surface area (Å²) in [7, 11) is 0. The molecule has 0 saturated carbocycles. The summed E-state index contributed by atoms with van der Waals surface area (Å²) in [6.45, 7) is 9.33. The van der Waals surface area contributed by atoms with E-state index in [1.807, 2.05) is 12.1 Å². The molecule has 0 amide bonds. The Morgan fingerprint density at radius 3 is 2.71 bits per heavy atom. The SMILES string of the molecule is CCNC(C)c1ccc(OCCN2CCCCC2)cc1Cl. The molecule has 3 nitrogen and oxygen atoms in total. The van der Waals surface area contributed by atoms with Gasteiger partial charge in [0, 0.05) is 17.6 Å². The molecule has 1 saturated heterocycles. The molecule has 2 rings (SSSR count). The number of hydrogen-bond donors (Lipinski definition) is 1. The third-order valence-electron chi connectivity index (χ3n) is 4.07. The minimum absolute atomic E-state index is 0.268. The van der Waals surface area contributed by atoms with E-state index in [1.165, 1.54) is 32.4 Å². The highest BCUT2D eigenvalue weighted by atomic mass is 35.5. The predicted octanol–water partition coefficient (Wildman–Crippen LogP) is 3.88. The molecule has 1 unspecified atom stereocenters. The number of nitrogens with zero attached hydrogens (tertiary/aromatic N) is 1. The number of rotatable bonds is 7. The zero-order chi connectivity index (χ0) is 15.1. The Balaban J connectivity index is 1.82. The first-order valence-corrected chi connectivity index (χ1v) is 8.46. The summed E-state index contributed by atoms with van der Waals surface area (Å²) in [5, 5.41) is 4.15. The minimum atomic E-state index is 0.268. The van der Waals surface area contributed by atoms with Crippen LogP contribution < -0.4 is 10.1 Å². The van der Waals surface area contributed by atoms with Gasteiger partial charge < -0.3 is 10.1 Å². The average molecular weight is 311 g/mol. The number of likely N-dealkylation sites (tertiary alicyclic amines) is 1. The van der Waals surface area contributed by atoms with Gasteiger partial charge in [-0.2, -0.15) is 0 Å². The third-order valence-corrected chi connectivity index (χ3v) is 4.40. The smallest absolute Gasteiger partial charge is 0.120 e. The Labute approximate surface area is 133 Å². The van der Waals surface area contributed by atoms with Crippen molar-refractivity contribution in [3.63, 3.8) is 0 Å². The van der Waals surface area contributed by atoms with Gasteiger partial charge in [-0.3, -0.25) is 4.90 Å². The number of hydrogen-bond acceptors (Lipinski definition) is 3. The second-order valence-corrected chi connectivity index (χ2v) is 6.12. The maximum Gasteiger partial charge on any atom is 0.120 e. The molecule has 0 aliphatic carbocycles. The Morgan fingerprint density at radius 1 is 1.29 bits per heavy atom. The summed E-state index contributed by atoms with van der Waals surface area (Å²) in [6.07, 6.45) is 4.02. The van der Waals surface area contributed by atoms with Crippen LogP contribution in [0.2, 0.25) is 5.02 Å². The van der Waals surface area contributed by atoms with E-state index < -0.39 is 0 Å². The second kappa shape index (κ2) is 8.62. The molecular formula is C17H27ClN2O. The molecule has 0 aromatic heterocycles. The van der Waals surface area contributed by atoms with Gasteiger partial charge in [-0.15, -0.1) is 0 Å². The standard InChI is InChI=1S/C17H27ClN2O/c1-3-19-14(2)16-8-7-15(13-17(16)18)21-12-11-20-9-5-4-6-10-20/h7-8,13-14,19H,3-6,9-12H2,1-2H3. The lowest BCUT2D eigenvalue weighted by Crippen LogP contribution is -2.33. The molecule has 21 heavy (non-hydrogen) atoms. The highest BCUT2D eigenvalue weighted by Crippen LogP contribution is 2.27. The van der Waals surface area contributed by atoms with Crippen LogP contribution in [0.1, 0.15) is 44.7 Å². The van der Waals surface area contributed by atoms with Crippen molar-refractivity contribution in [3.05, 3.63) is 28.8 Å². The first-order chi connectivity index (χ1) is 10.2. The average Bonchev–Trinajstić information content (AvgIpc) is 2.48. The molecule has 4 heteroatoms. The van der Waals surface area contributed by atoms with Gasteiger partial charge in [-0.1, -0.05) is 31.0 Å². The maximum absolute atomic E-state index is 6.36. The van der Waals surface area contributed by atoms with Gasteiger partial charge in [0.1, 0.15) is 12.4 Å². The van der Waals surface area contributed by atoms with Gasteiger partial charge in [-0.05, 0) is 57.1 Å². The summed E-state index contributed by atoms with van der Waals surface area (Å²) in [5.41, 5.74) is 1.13. The van der Waals surface area contributed by atoms with Crippen LogP contribution in [-0.2, 0) is 0 Å². The second-order valence-electron chi connectivity index (χ2n) is 5.71. The molecule has 0 bridgehead atoms. The van der Waals surface area contributed by atoms with E-state index in [0.717, 1.165) is 36.0 Å². The first kappa shape index (κ1) is 16.6. The van der Waals surface area contributed by atoms with Gasteiger partial charge >= 0.3 is 0 Å². The molecule has 0 spiro atoms. The van der Waals surface area contributed by atoms with Crippen molar-refractivity contribution in [2.24, 2.45) is 0 Å². The van der Waals surface area contributed by atoms with Crippen LogP contribution >= 0.6 is 11.6 Å². The van der Waals surface area contributed by atoms with Crippen molar-refractivity contribution in [3.8, 4) is 5.75 Å². The zero-order valence-electron chi connectivity index (χ0n) is 13.2. The highest BCUT2D eigenvalue weighted by Gasteiger charge is 2.11. The van der Waals surface area contributed by atoms with E-state index in [0.29, 0.717) is 0 Å². The first-order valence-electron chi connectivity index (χ1n) is 8.08. The van der Waals surface area contributed by atoms with Crippen molar-refractivity contribution >= 4 is 11.6 Å². The predicted molar refractivity (Wildman–Crippen MR) is 89.3 cm³/mol. The van der Waals surface area contributed by atoms with E-state index in [-0.39, 0.29) is 6.04 Å². The monoisotopic (exact) mass is 310 g/mol. The summed E-state index contributed by atoms with van der Waals surface area (Å²) in [4.78, 5) is 2.48. The molecule has 1 aromatic carbocycles. The molecule has 0 radical (unpaired) electrons. The molecule has 1 aromatic rings. The van der Waals surface area contributed by atoms with E-state index in [4.69, 9.17) is 16.3 Å². The summed E-state index contributed by atoms with van der Waals surface area (Å²) >= 11 is 6.36. The van der Waals surface area contributed by atoms with Gasteiger partial charge in [0.2, 0.25) is 0 Å². The number of ether oxygens (including phenoxy) is 1. The highest BCUT2D eigenvalue weighted by molar-refractivity contribution is 6.31. The lowest BCUT2D eigenvalue weighted by atomic mass is 10.1. The summed E-state index contributed by atoms with van der Waals surface area (Å²) in [5.74, 6) is 0.865. The fourth-order valence-electron chi connectivity index (χ4n) is 2.84. The lowest BCUT2D eigenvalue weighted by Gasteiger charge is -2.26. The van der Waals surface area contributed by atoms with Gasteiger partial charge in [0.25, 0.3) is 0 Å². The largest absolute Gasteiger partial charge is 0.492 e. The van der Waals surface area contributed by atoms with Crippen molar-refractivity contribution < 1.29 is 4.74 Å².